The summed E-state index contributed by atoms with van der Waals surface area (Å²) in [4.78, 5) is 18.2. The van der Waals surface area contributed by atoms with Gasteiger partial charge in [0.25, 0.3) is 5.91 Å². The van der Waals surface area contributed by atoms with E-state index in [4.69, 9.17) is 9.47 Å². The van der Waals surface area contributed by atoms with Gasteiger partial charge < -0.3 is 25.0 Å². The molecule has 1 aliphatic rings. The molecule has 0 radical (unpaired) electrons. The van der Waals surface area contributed by atoms with Crippen LogP contribution in [-0.2, 0) is 13.1 Å². The molecular formula is C21H27IN4O3. The van der Waals surface area contributed by atoms with E-state index in [-0.39, 0.29) is 36.7 Å². The molecule has 8 heteroatoms. The largest absolute Gasteiger partial charge is 0.454 e. The van der Waals surface area contributed by atoms with Gasteiger partial charge in [0.1, 0.15) is 0 Å². The van der Waals surface area contributed by atoms with Crippen molar-refractivity contribution in [3.05, 3.63) is 59.2 Å². The first kappa shape index (κ1) is 22.8. The van der Waals surface area contributed by atoms with Crippen LogP contribution >= 0.6 is 24.0 Å². The number of aliphatic imine (C=N–C) groups is 1. The summed E-state index contributed by atoms with van der Waals surface area (Å²) in [6.45, 7) is 4.21. The molecule has 156 valence electrons. The Kier molecular flexibility index (Phi) is 8.56. The zero-order valence-electron chi connectivity index (χ0n) is 16.9. The van der Waals surface area contributed by atoms with Gasteiger partial charge in [0, 0.05) is 32.7 Å². The molecule has 1 aliphatic heterocycles. The Bertz CT molecular complexity index is 854. The Labute approximate surface area is 188 Å². The first-order chi connectivity index (χ1) is 13.6. The number of carbonyl (C=O) groups is 1. The van der Waals surface area contributed by atoms with E-state index >= 15 is 0 Å². The Morgan fingerprint density at radius 2 is 1.72 bits per heavy atom. The average Bonchev–Trinajstić information content (AvgIpc) is 3.17. The third-order valence-corrected chi connectivity index (χ3v) is 4.27. The predicted molar refractivity (Wildman–Crippen MR) is 124 cm³/mol. The van der Waals surface area contributed by atoms with Gasteiger partial charge in [-0.15, -0.1) is 24.0 Å². The van der Waals surface area contributed by atoms with Crippen molar-refractivity contribution in [3.8, 4) is 11.5 Å². The van der Waals surface area contributed by atoms with Crippen LogP contribution in [0.1, 0.15) is 28.4 Å². The number of nitrogens with zero attached hydrogens (tertiary/aromatic N) is 2. The lowest BCUT2D eigenvalue weighted by Crippen LogP contribution is -2.36. The molecule has 0 atom stereocenters. The summed E-state index contributed by atoms with van der Waals surface area (Å²) in [6.07, 6.45) is 0. The molecule has 2 aromatic carbocycles. The zero-order chi connectivity index (χ0) is 19.9. The highest BCUT2D eigenvalue weighted by molar-refractivity contribution is 14.0. The highest BCUT2D eigenvalue weighted by Crippen LogP contribution is 2.32. The topological polar surface area (TPSA) is 75.2 Å². The molecule has 0 aromatic heterocycles. The Morgan fingerprint density at radius 1 is 1.03 bits per heavy atom. The Balaban J connectivity index is 0.00000300. The molecule has 3 rings (SSSR count). The van der Waals surface area contributed by atoms with Crippen molar-refractivity contribution in [2.24, 2.45) is 4.99 Å². The van der Waals surface area contributed by atoms with Gasteiger partial charge in [-0.3, -0.25) is 4.79 Å². The number of ether oxygens (including phenoxy) is 2. The highest BCUT2D eigenvalue weighted by Gasteiger charge is 2.13. The number of rotatable bonds is 6. The lowest BCUT2D eigenvalue weighted by molar-refractivity contribution is 0.0827. The fraction of sp³-hybridized carbons (Fsp3) is 0.333. The van der Waals surface area contributed by atoms with Crippen molar-refractivity contribution in [2.45, 2.75) is 20.0 Å². The van der Waals surface area contributed by atoms with E-state index in [1.165, 1.54) is 0 Å². The number of halogens is 1. The van der Waals surface area contributed by atoms with Gasteiger partial charge in [-0.25, -0.2) is 4.99 Å². The SMILES string of the molecule is CCNC(=NCc1ccc2c(c1)OCO2)NCc1ccc(C(=O)N(C)C)cc1.I. The molecule has 0 saturated heterocycles. The normalized spacial score (nSPS) is 12.2. The van der Waals surface area contributed by atoms with Crippen LogP contribution in [-0.4, -0.2) is 44.2 Å². The van der Waals surface area contributed by atoms with Crippen LogP contribution in [0.3, 0.4) is 0 Å². The quantitative estimate of drug-likeness (QED) is 0.355. The molecule has 1 amide bonds. The van der Waals surface area contributed by atoms with E-state index in [1.54, 1.807) is 19.0 Å². The molecule has 0 spiro atoms. The van der Waals surface area contributed by atoms with Crippen LogP contribution in [0.4, 0.5) is 0 Å². The van der Waals surface area contributed by atoms with Crippen molar-refractivity contribution in [1.29, 1.82) is 0 Å². The van der Waals surface area contributed by atoms with Crippen molar-refractivity contribution in [2.75, 3.05) is 27.4 Å². The van der Waals surface area contributed by atoms with Gasteiger partial charge in [0.05, 0.1) is 6.54 Å². The number of benzene rings is 2. The second-order valence-electron chi connectivity index (χ2n) is 6.63. The first-order valence-electron chi connectivity index (χ1n) is 9.28. The minimum absolute atomic E-state index is 0. The fourth-order valence-electron chi connectivity index (χ4n) is 2.76. The lowest BCUT2D eigenvalue weighted by Gasteiger charge is -2.13. The van der Waals surface area contributed by atoms with Crippen molar-refractivity contribution in [3.63, 3.8) is 0 Å². The molecule has 0 unspecified atom stereocenters. The monoisotopic (exact) mass is 510 g/mol. The number of hydrogen-bond donors (Lipinski definition) is 2. The number of amides is 1. The number of guanidine groups is 1. The van der Waals surface area contributed by atoms with E-state index in [0.717, 1.165) is 35.1 Å². The van der Waals surface area contributed by atoms with Crippen molar-refractivity contribution in [1.82, 2.24) is 15.5 Å². The molecule has 2 aromatic rings. The maximum Gasteiger partial charge on any atom is 0.253 e. The van der Waals surface area contributed by atoms with Crippen molar-refractivity contribution >= 4 is 35.8 Å². The van der Waals surface area contributed by atoms with E-state index in [2.05, 4.69) is 15.6 Å². The van der Waals surface area contributed by atoms with Gasteiger partial charge >= 0.3 is 0 Å². The smallest absolute Gasteiger partial charge is 0.253 e. The van der Waals surface area contributed by atoms with E-state index in [1.807, 2.05) is 49.4 Å². The third kappa shape index (κ3) is 6.25. The summed E-state index contributed by atoms with van der Waals surface area (Å²) >= 11 is 0. The highest BCUT2D eigenvalue weighted by atomic mass is 127. The molecular weight excluding hydrogens is 483 g/mol. The summed E-state index contributed by atoms with van der Waals surface area (Å²) in [5, 5.41) is 6.56. The first-order valence-corrected chi connectivity index (χ1v) is 9.28. The maximum atomic E-state index is 12.0. The van der Waals surface area contributed by atoms with Gasteiger partial charge in [-0.05, 0) is 42.3 Å². The third-order valence-electron chi connectivity index (χ3n) is 4.27. The van der Waals surface area contributed by atoms with Crippen LogP contribution in [0.2, 0.25) is 0 Å². The van der Waals surface area contributed by atoms with Gasteiger partial charge in [0.2, 0.25) is 6.79 Å². The second-order valence-corrected chi connectivity index (χ2v) is 6.63. The van der Waals surface area contributed by atoms with Crippen LogP contribution in [0.15, 0.2) is 47.5 Å². The van der Waals surface area contributed by atoms with E-state index < -0.39 is 0 Å². The van der Waals surface area contributed by atoms with Crippen molar-refractivity contribution < 1.29 is 14.3 Å². The summed E-state index contributed by atoms with van der Waals surface area (Å²) < 4.78 is 10.7. The Hall–Kier alpha value is -2.49. The molecule has 29 heavy (non-hydrogen) atoms. The summed E-state index contributed by atoms with van der Waals surface area (Å²) in [6, 6.07) is 13.4. The molecule has 1 heterocycles. The minimum Gasteiger partial charge on any atom is -0.454 e. The molecule has 0 aliphatic carbocycles. The van der Waals surface area contributed by atoms with Crippen LogP contribution in [0, 0.1) is 0 Å². The number of carbonyl (C=O) groups excluding carboxylic acids is 1. The van der Waals surface area contributed by atoms with Gasteiger partial charge in [-0.1, -0.05) is 18.2 Å². The number of nitrogens with one attached hydrogen (secondary N) is 2. The molecule has 7 nitrogen and oxygen atoms in total. The molecule has 2 N–H and O–H groups in total. The summed E-state index contributed by atoms with van der Waals surface area (Å²) in [5.74, 6) is 2.26. The molecule has 0 bridgehead atoms. The van der Waals surface area contributed by atoms with Crippen LogP contribution in [0.5, 0.6) is 11.5 Å². The Morgan fingerprint density at radius 3 is 2.41 bits per heavy atom. The molecule has 0 saturated carbocycles. The zero-order valence-corrected chi connectivity index (χ0v) is 19.2. The van der Waals surface area contributed by atoms with Gasteiger partial charge in [0.15, 0.2) is 17.5 Å². The van der Waals surface area contributed by atoms with E-state index in [9.17, 15) is 4.79 Å². The summed E-state index contributed by atoms with van der Waals surface area (Å²) in [7, 11) is 3.49. The number of fused-ring (bicyclic) bond motifs is 1. The minimum atomic E-state index is -0.00173. The maximum absolute atomic E-state index is 12.0. The second kappa shape index (κ2) is 10.9. The lowest BCUT2D eigenvalue weighted by atomic mass is 10.1. The van der Waals surface area contributed by atoms with Crippen LogP contribution in [0.25, 0.3) is 0 Å². The standard InChI is InChI=1S/C21H26N4O3.HI/c1-4-22-21(24-13-16-7-10-18-19(11-16)28-14-27-18)23-12-15-5-8-17(9-6-15)20(26)25(2)3;/h5-11H,4,12-14H2,1-3H3,(H2,22,23,24);1H. The predicted octanol–water partition coefficient (Wildman–Crippen LogP) is 2.99. The summed E-state index contributed by atoms with van der Waals surface area (Å²) in [5.41, 5.74) is 2.80. The van der Waals surface area contributed by atoms with Gasteiger partial charge in [-0.2, -0.15) is 0 Å². The molecule has 0 fully saturated rings. The number of hydrogen-bond acceptors (Lipinski definition) is 4. The van der Waals surface area contributed by atoms with Crippen LogP contribution < -0.4 is 20.1 Å². The van der Waals surface area contributed by atoms with E-state index in [0.29, 0.717) is 18.7 Å². The fourth-order valence-corrected chi connectivity index (χ4v) is 2.76. The average molecular weight is 510 g/mol.